The maximum atomic E-state index is 10.8. The van der Waals surface area contributed by atoms with Gasteiger partial charge in [0.2, 0.25) is 3.79 Å². The normalized spacial score (nSPS) is 11.7. The first-order valence-corrected chi connectivity index (χ1v) is 4.18. The first kappa shape index (κ1) is 9.84. The molecule has 66 valence electrons. The summed E-state index contributed by atoms with van der Waals surface area (Å²) in [5.74, 6) is 0.000648. The Morgan fingerprint density at radius 1 is 1.58 bits per heavy atom. The number of Topliss-reactive ketones (excluding diaryl/α,β-unsaturated/α-hetero) is 1. The number of rotatable bonds is 1. The number of halogens is 3. The lowest BCUT2D eigenvalue weighted by atomic mass is 10.3. The number of carbonyl (C=O) groups is 1. The van der Waals surface area contributed by atoms with Crippen molar-refractivity contribution >= 4 is 40.6 Å². The largest absolute Gasteiger partial charge is 0.336 e. The molecule has 1 N–H and O–H groups in total. The Morgan fingerprint density at radius 2 is 2.17 bits per heavy atom. The van der Waals surface area contributed by atoms with E-state index in [1.165, 1.54) is 13.1 Å². The molecule has 0 fully saturated rings. The van der Waals surface area contributed by atoms with Gasteiger partial charge in [-0.25, -0.2) is 4.98 Å². The molecule has 12 heavy (non-hydrogen) atoms. The SMILES string of the molecule is CC(=O)c1cnc(C(Cl)(Cl)Cl)[nH]1. The van der Waals surface area contributed by atoms with Crippen LogP contribution in [-0.2, 0) is 3.79 Å². The highest BCUT2D eigenvalue weighted by Crippen LogP contribution is 2.35. The average molecular weight is 227 g/mol. The summed E-state index contributed by atoms with van der Waals surface area (Å²) in [6.45, 7) is 1.40. The molecule has 0 aliphatic carbocycles. The second-order valence-electron chi connectivity index (χ2n) is 2.20. The maximum Gasteiger partial charge on any atom is 0.248 e. The van der Waals surface area contributed by atoms with Crippen LogP contribution in [0.1, 0.15) is 23.2 Å². The fraction of sp³-hybridized carbons (Fsp3) is 0.333. The standard InChI is InChI=1S/C6H5Cl3N2O/c1-3(12)4-2-10-5(11-4)6(7,8)9/h2H,1H3,(H,10,11). The number of nitrogens with zero attached hydrogens (tertiary/aromatic N) is 1. The molecule has 3 nitrogen and oxygen atoms in total. The topological polar surface area (TPSA) is 45.8 Å². The third kappa shape index (κ3) is 2.12. The predicted octanol–water partition coefficient (Wildman–Crippen LogP) is 2.44. The Bertz CT molecular complexity index is 302. The van der Waals surface area contributed by atoms with Crippen molar-refractivity contribution in [2.45, 2.75) is 10.7 Å². The summed E-state index contributed by atoms with van der Waals surface area (Å²) in [7, 11) is 0. The molecule has 6 heteroatoms. The highest BCUT2D eigenvalue weighted by atomic mass is 35.6. The number of hydrogen-bond acceptors (Lipinski definition) is 2. The number of alkyl halides is 3. The quantitative estimate of drug-likeness (QED) is 0.592. The summed E-state index contributed by atoms with van der Waals surface area (Å²) in [5, 5.41) is 0. The molecular formula is C6H5Cl3N2O. The lowest BCUT2D eigenvalue weighted by molar-refractivity contribution is 0.101. The summed E-state index contributed by atoms with van der Waals surface area (Å²) in [5.41, 5.74) is 0.330. The zero-order valence-electron chi connectivity index (χ0n) is 6.07. The molecule has 0 unspecified atom stereocenters. The van der Waals surface area contributed by atoms with Gasteiger partial charge in [0.05, 0.1) is 6.20 Å². The number of nitrogens with one attached hydrogen (secondary N) is 1. The second kappa shape index (κ2) is 3.24. The van der Waals surface area contributed by atoms with Gasteiger partial charge in [-0.2, -0.15) is 0 Å². The van der Waals surface area contributed by atoms with E-state index in [1.54, 1.807) is 0 Å². The Labute approximate surface area is 84.0 Å². The summed E-state index contributed by atoms with van der Waals surface area (Å²) >= 11 is 16.5. The molecule has 0 aliphatic rings. The number of imidazole rings is 1. The Hall–Kier alpha value is -0.250. The molecule has 1 aromatic rings. The van der Waals surface area contributed by atoms with Crippen LogP contribution in [0.15, 0.2) is 6.20 Å². The number of ketones is 1. The highest BCUT2D eigenvalue weighted by molar-refractivity contribution is 6.66. The van der Waals surface area contributed by atoms with E-state index in [2.05, 4.69) is 9.97 Å². The van der Waals surface area contributed by atoms with Crippen molar-refractivity contribution in [2.75, 3.05) is 0 Å². The van der Waals surface area contributed by atoms with E-state index in [-0.39, 0.29) is 11.6 Å². The third-order valence-electron chi connectivity index (χ3n) is 1.22. The summed E-state index contributed by atoms with van der Waals surface area (Å²) in [6.07, 6.45) is 1.33. The van der Waals surface area contributed by atoms with Crippen molar-refractivity contribution in [2.24, 2.45) is 0 Å². The molecule has 0 atom stereocenters. The van der Waals surface area contributed by atoms with Gasteiger partial charge in [0.15, 0.2) is 11.6 Å². The number of hydrogen-bond donors (Lipinski definition) is 1. The smallest absolute Gasteiger partial charge is 0.248 e. The molecule has 1 aromatic heterocycles. The van der Waals surface area contributed by atoms with Crippen molar-refractivity contribution in [1.29, 1.82) is 0 Å². The van der Waals surface area contributed by atoms with Crippen LogP contribution in [0.4, 0.5) is 0 Å². The highest BCUT2D eigenvalue weighted by Gasteiger charge is 2.26. The Morgan fingerprint density at radius 3 is 2.42 bits per heavy atom. The van der Waals surface area contributed by atoms with Crippen LogP contribution >= 0.6 is 34.8 Å². The zero-order chi connectivity index (χ0) is 9.35. The summed E-state index contributed by atoms with van der Waals surface area (Å²) in [6, 6.07) is 0. The molecular weight excluding hydrogens is 222 g/mol. The van der Waals surface area contributed by atoms with Gasteiger partial charge >= 0.3 is 0 Å². The predicted molar refractivity (Wildman–Crippen MR) is 47.8 cm³/mol. The van der Waals surface area contributed by atoms with E-state index >= 15 is 0 Å². The lowest BCUT2D eigenvalue weighted by Crippen LogP contribution is -2.03. The van der Waals surface area contributed by atoms with Crippen LogP contribution in [0.5, 0.6) is 0 Å². The van der Waals surface area contributed by atoms with Crippen LogP contribution in [0.2, 0.25) is 0 Å². The minimum absolute atomic E-state index is 0.150. The van der Waals surface area contributed by atoms with E-state index in [0.717, 1.165) is 0 Å². The average Bonchev–Trinajstić information content (AvgIpc) is 2.30. The molecule has 1 rings (SSSR count). The Balaban J connectivity index is 3.00. The third-order valence-corrected chi connectivity index (χ3v) is 1.76. The van der Waals surface area contributed by atoms with E-state index in [0.29, 0.717) is 5.69 Å². The van der Waals surface area contributed by atoms with Crippen molar-refractivity contribution in [3.63, 3.8) is 0 Å². The maximum absolute atomic E-state index is 10.8. The van der Waals surface area contributed by atoms with Crippen molar-refractivity contribution in [3.8, 4) is 0 Å². The van der Waals surface area contributed by atoms with E-state index in [4.69, 9.17) is 34.8 Å². The summed E-state index contributed by atoms with van der Waals surface area (Å²) in [4.78, 5) is 17.1. The van der Waals surface area contributed by atoms with Gasteiger partial charge in [-0.15, -0.1) is 0 Å². The first-order chi connectivity index (χ1) is 5.41. The number of carbonyl (C=O) groups excluding carboxylic acids is 1. The van der Waals surface area contributed by atoms with E-state index in [1.807, 2.05) is 0 Å². The van der Waals surface area contributed by atoms with Crippen LogP contribution in [-0.4, -0.2) is 15.8 Å². The molecule has 0 amide bonds. The van der Waals surface area contributed by atoms with Gasteiger partial charge in [-0.3, -0.25) is 4.79 Å². The van der Waals surface area contributed by atoms with Gasteiger partial charge in [-0.1, -0.05) is 34.8 Å². The van der Waals surface area contributed by atoms with Crippen LogP contribution in [0.3, 0.4) is 0 Å². The van der Waals surface area contributed by atoms with Crippen LogP contribution < -0.4 is 0 Å². The number of aromatic amines is 1. The molecule has 0 radical (unpaired) electrons. The first-order valence-electron chi connectivity index (χ1n) is 3.04. The molecule has 1 heterocycles. The monoisotopic (exact) mass is 226 g/mol. The molecule has 0 aliphatic heterocycles. The molecule has 0 saturated carbocycles. The number of aromatic nitrogens is 2. The van der Waals surface area contributed by atoms with Gasteiger partial charge in [0, 0.05) is 6.92 Å². The lowest BCUT2D eigenvalue weighted by Gasteiger charge is -2.04. The van der Waals surface area contributed by atoms with Gasteiger partial charge in [0.1, 0.15) is 5.69 Å². The van der Waals surface area contributed by atoms with Crippen molar-refractivity contribution in [3.05, 3.63) is 17.7 Å². The minimum Gasteiger partial charge on any atom is -0.336 e. The van der Waals surface area contributed by atoms with Crippen LogP contribution in [0, 0.1) is 0 Å². The molecule has 0 aromatic carbocycles. The van der Waals surface area contributed by atoms with Gasteiger partial charge in [-0.05, 0) is 0 Å². The van der Waals surface area contributed by atoms with Gasteiger partial charge in [0.25, 0.3) is 0 Å². The van der Waals surface area contributed by atoms with Crippen molar-refractivity contribution in [1.82, 2.24) is 9.97 Å². The van der Waals surface area contributed by atoms with E-state index < -0.39 is 3.79 Å². The molecule has 0 saturated heterocycles. The second-order valence-corrected chi connectivity index (χ2v) is 4.48. The van der Waals surface area contributed by atoms with Crippen LogP contribution in [0.25, 0.3) is 0 Å². The fourth-order valence-corrected chi connectivity index (χ4v) is 0.932. The summed E-state index contributed by atoms with van der Waals surface area (Å²) < 4.78 is -1.60. The molecule has 0 bridgehead atoms. The van der Waals surface area contributed by atoms with Gasteiger partial charge < -0.3 is 4.98 Å². The van der Waals surface area contributed by atoms with Crippen molar-refractivity contribution < 1.29 is 4.79 Å². The minimum atomic E-state index is -1.60. The number of H-pyrrole nitrogens is 1. The van der Waals surface area contributed by atoms with E-state index in [9.17, 15) is 4.79 Å². The zero-order valence-corrected chi connectivity index (χ0v) is 8.33. The molecule has 0 spiro atoms. The Kier molecular flexibility index (Phi) is 2.66. The fourth-order valence-electron chi connectivity index (χ4n) is 0.644.